The molecule has 5 rings (SSSR count). The van der Waals surface area contributed by atoms with Crippen LogP contribution >= 0.6 is 0 Å². The molecule has 0 amide bonds. The van der Waals surface area contributed by atoms with Gasteiger partial charge < -0.3 is 0 Å². The molecule has 3 aromatic carbocycles. The second-order valence-corrected chi connectivity index (χ2v) is 9.10. The Hall–Kier alpha value is -2.86. The maximum atomic E-state index is 2.49. The van der Waals surface area contributed by atoms with Gasteiger partial charge in [0.05, 0.1) is 0 Å². The largest absolute Gasteiger partial charge is 0.0842 e. The van der Waals surface area contributed by atoms with E-state index in [1.807, 2.05) is 0 Å². The molecule has 0 aliphatic heterocycles. The van der Waals surface area contributed by atoms with Gasteiger partial charge in [-0.1, -0.05) is 87.1 Å². The van der Waals surface area contributed by atoms with Crippen molar-refractivity contribution in [2.45, 2.75) is 52.4 Å². The van der Waals surface area contributed by atoms with Crippen LogP contribution in [0.3, 0.4) is 0 Å². The van der Waals surface area contributed by atoms with Gasteiger partial charge in [0.15, 0.2) is 0 Å². The van der Waals surface area contributed by atoms with E-state index in [0.717, 1.165) is 6.42 Å². The van der Waals surface area contributed by atoms with E-state index < -0.39 is 0 Å². The Morgan fingerprint density at radius 2 is 1.90 bits per heavy atom. The van der Waals surface area contributed by atoms with Crippen LogP contribution in [-0.4, -0.2) is 0 Å². The van der Waals surface area contributed by atoms with Crippen molar-refractivity contribution in [1.82, 2.24) is 0 Å². The molecule has 0 saturated heterocycles. The Morgan fingerprint density at radius 1 is 1.03 bits per heavy atom. The predicted molar refractivity (Wildman–Crippen MR) is 133 cm³/mol. The van der Waals surface area contributed by atoms with Crippen molar-refractivity contribution in [1.29, 1.82) is 0 Å². The third-order valence-corrected chi connectivity index (χ3v) is 7.06. The summed E-state index contributed by atoms with van der Waals surface area (Å²) in [6.07, 6.45) is 14.8. The van der Waals surface area contributed by atoms with Crippen LogP contribution in [0.2, 0.25) is 0 Å². The van der Waals surface area contributed by atoms with Gasteiger partial charge in [-0.15, -0.1) is 0 Å². The fourth-order valence-electron chi connectivity index (χ4n) is 5.45. The molecule has 3 aromatic rings. The van der Waals surface area contributed by atoms with Crippen LogP contribution in [0.4, 0.5) is 0 Å². The summed E-state index contributed by atoms with van der Waals surface area (Å²) in [5.74, 6) is 0. The molecule has 0 atom stereocenters. The fourth-order valence-corrected chi connectivity index (χ4v) is 5.45. The molecule has 2 aliphatic carbocycles. The van der Waals surface area contributed by atoms with Crippen molar-refractivity contribution in [3.63, 3.8) is 0 Å². The first-order valence-corrected chi connectivity index (χ1v) is 11.3. The lowest BCUT2D eigenvalue weighted by atomic mass is 9.78. The second kappa shape index (κ2) is 7.13. The van der Waals surface area contributed by atoms with Crippen LogP contribution in [0, 0.1) is 0 Å². The summed E-state index contributed by atoms with van der Waals surface area (Å²) in [4.78, 5) is 0. The van der Waals surface area contributed by atoms with E-state index in [1.165, 1.54) is 62.2 Å². The highest BCUT2D eigenvalue weighted by Gasteiger charge is 2.37. The minimum Gasteiger partial charge on any atom is -0.0842 e. The quantitative estimate of drug-likeness (QED) is 0.310. The number of hydrogen-bond donors (Lipinski definition) is 0. The lowest BCUT2D eigenvalue weighted by Crippen LogP contribution is -2.17. The fraction of sp³-hybridized carbons (Fsp3) is 0.267. The molecule has 150 valence electrons. The zero-order valence-electron chi connectivity index (χ0n) is 18.5. The summed E-state index contributed by atoms with van der Waals surface area (Å²) in [5.41, 5.74) is 8.74. The lowest BCUT2D eigenvalue weighted by molar-refractivity contribution is 0.608. The number of allylic oxidation sites excluding steroid dienone is 8. The molecule has 0 heterocycles. The zero-order chi connectivity index (χ0) is 20.9. The van der Waals surface area contributed by atoms with Gasteiger partial charge >= 0.3 is 0 Å². The van der Waals surface area contributed by atoms with Crippen molar-refractivity contribution < 1.29 is 0 Å². The highest BCUT2D eigenvalue weighted by atomic mass is 14.4. The summed E-state index contributed by atoms with van der Waals surface area (Å²) >= 11 is 0. The van der Waals surface area contributed by atoms with Crippen molar-refractivity contribution >= 4 is 32.7 Å². The van der Waals surface area contributed by atoms with E-state index in [0.29, 0.717) is 0 Å². The van der Waals surface area contributed by atoms with Crippen LogP contribution in [0.25, 0.3) is 32.7 Å². The molecular weight excluding hydrogens is 360 g/mol. The summed E-state index contributed by atoms with van der Waals surface area (Å²) < 4.78 is 0. The van der Waals surface area contributed by atoms with Gasteiger partial charge in [0, 0.05) is 5.41 Å². The Labute approximate surface area is 180 Å². The second-order valence-electron chi connectivity index (χ2n) is 9.10. The molecule has 0 radical (unpaired) electrons. The molecule has 0 spiro atoms. The summed E-state index contributed by atoms with van der Waals surface area (Å²) in [6.45, 7) is 9.13. The molecule has 30 heavy (non-hydrogen) atoms. The van der Waals surface area contributed by atoms with Gasteiger partial charge in [-0.05, 0) is 87.7 Å². The minimum atomic E-state index is 0.113. The highest BCUT2D eigenvalue weighted by Crippen LogP contribution is 2.51. The van der Waals surface area contributed by atoms with E-state index in [2.05, 4.69) is 101 Å². The zero-order valence-corrected chi connectivity index (χ0v) is 18.5. The Morgan fingerprint density at radius 3 is 2.70 bits per heavy atom. The van der Waals surface area contributed by atoms with Gasteiger partial charge in [-0.3, -0.25) is 0 Å². The molecular formula is C30H30. The molecule has 0 bridgehead atoms. The number of benzene rings is 3. The SMILES string of the molecule is C/C=C(\C=C/CC)c1cccc2c1ccc1cc3c(cc12)C(C)(C)C1=C3C=CCC1. The van der Waals surface area contributed by atoms with Crippen LogP contribution in [0.15, 0.2) is 78.4 Å². The Bertz CT molecular complexity index is 1290. The standard InChI is InChI=1S/C30H30/c1-5-7-11-20(6-2)22-13-10-14-23-24(22)17-16-21-18-27-25-12-8-9-15-28(25)30(3,4)29(27)19-26(21)23/h6-8,10-14,16-19H,5,9,15H2,1-4H3/b11-7-,20-6+. The molecule has 0 saturated carbocycles. The summed E-state index contributed by atoms with van der Waals surface area (Å²) in [7, 11) is 0. The number of rotatable bonds is 3. The monoisotopic (exact) mass is 390 g/mol. The van der Waals surface area contributed by atoms with Crippen LogP contribution in [0.5, 0.6) is 0 Å². The molecule has 2 aliphatic rings. The molecule has 0 N–H and O–H groups in total. The van der Waals surface area contributed by atoms with Gasteiger partial charge in [-0.2, -0.15) is 0 Å². The molecule has 0 aromatic heterocycles. The normalized spacial score (nSPS) is 17.9. The molecule has 0 unspecified atom stereocenters. The maximum absolute atomic E-state index is 2.49. The first-order chi connectivity index (χ1) is 14.6. The molecule has 0 fully saturated rings. The first-order valence-electron chi connectivity index (χ1n) is 11.3. The van der Waals surface area contributed by atoms with E-state index in [4.69, 9.17) is 0 Å². The number of hydrogen-bond acceptors (Lipinski definition) is 0. The summed E-state index contributed by atoms with van der Waals surface area (Å²) in [6, 6.07) is 16.3. The number of fused-ring (bicyclic) bond motifs is 5. The third-order valence-electron chi connectivity index (χ3n) is 7.06. The molecule has 0 nitrogen and oxygen atoms in total. The van der Waals surface area contributed by atoms with Gasteiger partial charge in [-0.25, -0.2) is 0 Å². The summed E-state index contributed by atoms with van der Waals surface area (Å²) in [5, 5.41) is 5.41. The van der Waals surface area contributed by atoms with Crippen molar-refractivity contribution in [3.8, 4) is 0 Å². The van der Waals surface area contributed by atoms with E-state index in [9.17, 15) is 0 Å². The average molecular weight is 391 g/mol. The van der Waals surface area contributed by atoms with Crippen LogP contribution < -0.4 is 0 Å². The van der Waals surface area contributed by atoms with Crippen molar-refractivity contribution in [2.24, 2.45) is 0 Å². The first kappa shape index (κ1) is 19.1. The Kier molecular flexibility index (Phi) is 4.54. The van der Waals surface area contributed by atoms with Crippen LogP contribution in [-0.2, 0) is 5.41 Å². The van der Waals surface area contributed by atoms with Gasteiger partial charge in [0.2, 0.25) is 0 Å². The van der Waals surface area contributed by atoms with E-state index in [-0.39, 0.29) is 5.41 Å². The smallest absolute Gasteiger partial charge is 0.0121 e. The average Bonchev–Trinajstić information content (AvgIpc) is 3.00. The minimum absolute atomic E-state index is 0.113. The predicted octanol–water partition coefficient (Wildman–Crippen LogP) is 8.76. The van der Waals surface area contributed by atoms with Crippen LogP contribution in [0.1, 0.15) is 63.6 Å². The topological polar surface area (TPSA) is 0 Å². The molecule has 0 heteroatoms. The van der Waals surface area contributed by atoms with E-state index >= 15 is 0 Å². The highest BCUT2D eigenvalue weighted by molar-refractivity contribution is 6.12. The van der Waals surface area contributed by atoms with E-state index in [1.54, 1.807) is 5.57 Å². The van der Waals surface area contributed by atoms with Crippen molar-refractivity contribution in [3.05, 3.63) is 95.1 Å². The Balaban J connectivity index is 1.77. The lowest BCUT2D eigenvalue weighted by Gasteiger charge is -2.26. The van der Waals surface area contributed by atoms with Gasteiger partial charge in [0.25, 0.3) is 0 Å². The third kappa shape index (κ3) is 2.74. The van der Waals surface area contributed by atoms with Gasteiger partial charge in [0.1, 0.15) is 0 Å². The van der Waals surface area contributed by atoms with Crippen molar-refractivity contribution in [2.75, 3.05) is 0 Å². The maximum Gasteiger partial charge on any atom is 0.0121 e.